The molecule has 1 aromatic heterocycles. The zero-order valence-electron chi connectivity index (χ0n) is 13.3. The number of hydrazine groups is 1. The molecule has 22 heavy (non-hydrogen) atoms. The van der Waals surface area contributed by atoms with Gasteiger partial charge >= 0.3 is 0 Å². The number of carbonyl (C=O) groups is 2. The highest BCUT2D eigenvalue weighted by Gasteiger charge is 2.29. The number of rotatable bonds is 2. The van der Waals surface area contributed by atoms with E-state index in [9.17, 15) is 9.59 Å². The van der Waals surface area contributed by atoms with Gasteiger partial charge in [-0.1, -0.05) is 18.2 Å². The lowest BCUT2D eigenvalue weighted by molar-refractivity contribution is 0.0355. The lowest BCUT2D eigenvalue weighted by Gasteiger charge is -2.35. The van der Waals surface area contributed by atoms with E-state index in [-0.39, 0.29) is 11.8 Å². The largest absolute Gasteiger partial charge is 0.347 e. The lowest BCUT2D eigenvalue weighted by atomic mass is 10.1. The highest BCUT2D eigenvalue weighted by atomic mass is 16.2. The van der Waals surface area contributed by atoms with E-state index >= 15 is 0 Å². The third-order valence-electron chi connectivity index (χ3n) is 3.28. The van der Waals surface area contributed by atoms with Gasteiger partial charge in [0.05, 0.1) is 5.54 Å². The number of nitrogens with one attached hydrogen (secondary N) is 1. The molecular weight excluding hydrogens is 278 g/mol. The Morgan fingerprint density at radius 1 is 1.05 bits per heavy atom. The Labute approximate surface area is 130 Å². The zero-order chi connectivity index (χ0) is 16.3. The number of aryl methyl sites for hydroxylation is 1. The maximum Gasteiger partial charge on any atom is 0.286 e. The Kier molecular flexibility index (Phi) is 4.35. The first-order valence-electron chi connectivity index (χ1n) is 7.12. The second-order valence-corrected chi connectivity index (χ2v) is 6.12. The number of nitrogens with zero attached hydrogens (tertiary/aromatic N) is 2. The molecule has 0 radical (unpaired) electrons. The third-order valence-corrected chi connectivity index (χ3v) is 3.28. The van der Waals surface area contributed by atoms with Crippen molar-refractivity contribution in [1.82, 2.24) is 15.0 Å². The van der Waals surface area contributed by atoms with Gasteiger partial charge in [0.15, 0.2) is 0 Å². The average Bonchev–Trinajstić information content (AvgIpc) is 2.90. The molecule has 0 spiro atoms. The van der Waals surface area contributed by atoms with E-state index in [1.165, 1.54) is 5.01 Å². The van der Waals surface area contributed by atoms with Crippen molar-refractivity contribution in [1.29, 1.82) is 0 Å². The fraction of sp³-hybridized carbons (Fsp3) is 0.294. The molecule has 0 fully saturated rings. The fourth-order valence-corrected chi connectivity index (χ4v) is 2.09. The molecule has 0 bridgehead atoms. The molecule has 1 aromatic carbocycles. The summed E-state index contributed by atoms with van der Waals surface area (Å²) in [5.41, 5.74) is 3.20. The summed E-state index contributed by atoms with van der Waals surface area (Å²) in [6.45, 7) is 5.62. The highest BCUT2D eigenvalue weighted by Crippen LogP contribution is 2.15. The van der Waals surface area contributed by atoms with Crippen molar-refractivity contribution in [3.8, 4) is 0 Å². The first-order valence-corrected chi connectivity index (χ1v) is 7.12. The van der Waals surface area contributed by atoms with Crippen LogP contribution in [-0.2, 0) is 7.05 Å². The van der Waals surface area contributed by atoms with Crippen LogP contribution >= 0.6 is 0 Å². The first-order chi connectivity index (χ1) is 10.3. The first kappa shape index (κ1) is 15.8. The SMILES string of the molecule is Cn1cccc1C(=O)NN(C(=O)c1ccccc1)C(C)(C)C. The van der Waals surface area contributed by atoms with Crippen LogP contribution in [0.15, 0.2) is 48.7 Å². The van der Waals surface area contributed by atoms with Gasteiger partial charge in [-0.3, -0.25) is 15.0 Å². The smallest absolute Gasteiger partial charge is 0.286 e. The minimum Gasteiger partial charge on any atom is -0.347 e. The predicted octanol–water partition coefficient (Wildman–Crippen LogP) is 2.61. The normalized spacial score (nSPS) is 11.1. The molecular formula is C17H21N3O2. The van der Waals surface area contributed by atoms with Gasteiger partial charge in [0.1, 0.15) is 5.69 Å². The van der Waals surface area contributed by atoms with Gasteiger partial charge in [0.25, 0.3) is 11.8 Å². The third kappa shape index (κ3) is 3.36. The molecule has 2 rings (SSSR count). The average molecular weight is 299 g/mol. The standard InChI is InChI=1S/C17H21N3O2/c1-17(2,3)20(16(22)13-9-6-5-7-10-13)18-15(21)14-11-8-12-19(14)4/h5-12H,1-4H3,(H,18,21). The summed E-state index contributed by atoms with van der Waals surface area (Å²) in [6, 6.07) is 12.4. The van der Waals surface area contributed by atoms with Crippen LogP contribution in [0.2, 0.25) is 0 Å². The second kappa shape index (κ2) is 6.05. The van der Waals surface area contributed by atoms with E-state index in [0.717, 1.165) is 0 Å². The van der Waals surface area contributed by atoms with Crippen molar-refractivity contribution >= 4 is 11.8 Å². The van der Waals surface area contributed by atoms with Crippen LogP contribution in [0.3, 0.4) is 0 Å². The minimum absolute atomic E-state index is 0.240. The summed E-state index contributed by atoms with van der Waals surface area (Å²) in [5, 5.41) is 1.37. The monoisotopic (exact) mass is 299 g/mol. The highest BCUT2D eigenvalue weighted by molar-refractivity contribution is 5.98. The summed E-state index contributed by atoms with van der Waals surface area (Å²) in [6.07, 6.45) is 1.79. The molecule has 0 saturated heterocycles. The van der Waals surface area contributed by atoms with Crippen molar-refractivity contribution < 1.29 is 9.59 Å². The fourth-order valence-electron chi connectivity index (χ4n) is 2.09. The van der Waals surface area contributed by atoms with Crippen LogP contribution in [0.25, 0.3) is 0 Å². The summed E-state index contributed by atoms with van der Waals surface area (Å²) < 4.78 is 1.71. The van der Waals surface area contributed by atoms with Crippen LogP contribution in [0.1, 0.15) is 41.6 Å². The number of hydrogen-bond acceptors (Lipinski definition) is 2. The number of amides is 2. The molecule has 0 saturated carbocycles. The van der Waals surface area contributed by atoms with Gasteiger partial charge < -0.3 is 4.57 Å². The molecule has 0 aliphatic carbocycles. The quantitative estimate of drug-likeness (QED) is 0.867. The van der Waals surface area contributed by atoms with E-state index in [4.69, 9.17) is 0 Å². The predicted molar refractivity (Wildman–Crippen MR) is 85.2 cm³/mol. The molecule has 0 aliphatic rings. The summed E-state index contributed by atoms with van der Waals surface area (Å²) >= 11 is 0. The summed E-state index contributed by atoms with van der Waals surface area (Å²) in [7, 11) is 1.79. The summed E-state index contributed by atoms with van der Waals surface area (Å²) in [4.78, 5) is 25.1. The van der Waals surface area contributed by atoms with Gasteiger partial charge in [-0.2, -0.15) is 0 Å². The number of carbonyl (C=O) groups excluding carboxylic acids is 2. The maximum absolute atomic E-state index is 12.7. The van der Waals surface area contributed by atoms with E-state index < -0.39 is 5.54 Å². The maximum atomic E-state index is 12.7. The van der Waals surface area contributed by atoms with Crippen LogP contribution in [0.4, 0.5) is 0 Å². The van der Waals surface area contributed by atoms with Crippen molar-refractivity contribution in [3.05, 3.63) is 59.9 Å². The van der Waals surface area contributed by atoms with Crippen LogP contribution in [0, 0.1) is 0 Å². The van der Waals surface area contributed by atoms with Gasteiger partial charge in [0, 0.05) is 18.8 Å². The molecule has 0 aliphatic heterocycles. The van der Waals surface area contributed by atoms with Crippen molar-refractivity contribution in [2.45, 2.75) is 26.3 Å². The van der Waals surface area contributed by atoms with E-state index in [0.29, 0.717) is 11.3 Å². The molecule has 1 heterocycles. The molecule has 5 nitrogen and oxygen atoms in total. The molecule has 0 atom stereocenters. The summed E-state index contributed by atoms with van der Waals surface area (Å²) in [5.74, 6) is -0.553. The van der Waals surface area contributed by atoms with E-state index in [2.05, 4.69) is 5.43 Å². The molecule has 0 unspecified atom stereocenters. The van der Waals surface area contributed by atoms with Crippen LogP contribution < -0.4 is 5.43 Å². The lowest BCUT2D eigenvalue weighted by Crippen LogP contribution is -2.56. The van der Waals surface area contributed by atoms with Crippen LogP contribution in [-0.4, -0.2) is 26.9 Å². The van der Waals surface area contributed by atoms with Crippen molar-refractivity contribution in [2.75, 3.05) is 0 Å². The minimum atomic E-state index is -0.548. The number of aromatic nitrogens is 1. The Bertz CT molecular complexity index is 669. The van der Waals surface area contributed by atoms with Gasteiger partial charge in [-0.05, 0) is 45.0 Å². The van der Waals surface area contributed by atoms with Gasteiger partial charge in [-0.25, -0.2) is 5.01 Å². The van der Waals surface area contributed by atoms with Crippen molar-refractivity contribution in [3.63, 3.8) is 0 Å². The van der Waals surface area contributed by atoms with Gasteiger partial charge in [-0.15, -0.1) is 0 Å². The molecule has 116 valence electrons. The second-order valence-electron chi connectivity index (χ2n) is 6.12. The van der Waals surface area contributed by atoms with E-state index in [1.807, 2.05) is 26.8 Å². The molecule has 2 amide bonds. The molecule has 1 N–H and O–H groups in total. The topological polar surface area (TPSA) is 54.3 Å². The van der Waals surface area contributed by atoms with Gasteiger partial charge in [0.2, 0.25) is 0 Å². The Morgan fingerprint density at radius 2 is 1.68 bits per heavy atom. The Balaban J connectivity index is 2.27. The number of hydrogen-bond donors (Lipinski definition) is 1. The van der Waals surface area contributed by atoms with E-state index in [1.54, 1.807) is 54.2 Å². The number of benzene rings is 1. The Hall–Kier alpha value is -2.56. The molecule has 5 heteroatoms. The Morgan fingerprint density at radius 3 is 2.18 bits per heavy atom. The zero-order valence-corrected chi connectivity index (χ0v) is 13.3. The van der Waals surface area contributed by atoms with Crippen molar-refractivity contribution in [2.24, 2.45) is 7.05 Å². The van der Waals surface area contributed by atoms with Crippen LogP contribution in [0.5, 0.6) is 0 Å². The molecule has 2 aromatic rings.